The Balaban J connectivity index is 1.66. The Hall–Kier alpha value is -3.87. The predicted molar refractivity (Wildman–Crippen MR) is 102 cm³/mol. The van der Waals surface area contributed by atoms with Gasteiger partial charge in [0.1, 0.15) is 0 Å². The fourth-order valence-electron chi connectivity index (χ4n) is 2.65. The molecule has 2 aromatic carbocycles. The summed E-state index contributed by atoms with van der Waals surface area (Å²) < 4.78 is 1.52. The molecule has 132 valence electrons. The number of carbonyl (C=O) groups excluding carboxylic acids is 1. The lowest BCUT2D eigenvalue weighted by atomic mass is 10.0. The Bertz CT molecular complexity index is 1080. The van der Waals surface area contributed by atoms with Gasteiger partial charge in [-0.3, -0.25) is 4.79 Å². The summed E-state index contributed by atoms with van der Waals surface area (Å²) in [5.74, 6) is -0.110. The van der Waals surface area contributed by atoms with E-state index in [-0.39, 0.29) is 5.82 Å². The van der Waals surface area contributed by atoms with Gasteiger partial charge in [-0.05, 0) is 13.0 Å². The molecule has 0 aliphatic rings. The molecule has 1 N–H and O–H groups in total. The molecule has 0 unspecified atom stereocenters. The van der Waals surface area contributed by atoms with Gasteiger partial charge in [-0.25, -0.2) is 14.9 Å². The van der Waals surface area contributed by atoms with Gasteiger partial charge in [0.2, 0.25) is 5.82 Å². The summed E-state index contributed by atoms with van der Waals surface area (Å²) in [4.78, 5) is 20.8. The summed E-state index contributed by atoms with van der Waals surface area (Å²) in [7, 11) is 0. The predicted octanol–water partition coefficient (Wildman–Crippen LogP) is 2.62. The maximum absolute atomic E-state index is 12.5. The van der Waals surface area contributed by atoms with E-state index in [0.29, 0.717) is 11.5 Å². The van der Waals surface area contributed by atoms with Crippen LogP contribution in [0.25, 0.3) is 5.78 Å². The van der Waals surface area contributed by atoms with E-state index in [4.69, 9.17) is 0 Å². The highest BCUT2D eigenvalue weighted by atomic mass is 16.2. The third-order valence-electron chi connectivity index (χ3n) is 4.00. The van der Waals surface area contributed by atoms with Crippen LogP contribution in [-0.2, 0) is 0 Å². The number of hydrogen-bond donors (Lipinski definition) is 1. The zero-order valence-electron chi connectivity index (χ0n) is 14.6. The molecular weight excluding hydrogens is 340 g/mol. The third-order valence-corrected chi connectivity index (χ3v) is 4.00. The van der Waals surface area contributed by atoms with Crippen molar-refractivity contribution in [3.05, 3.63) is 95.6 Å². The van der Waals surface area contributed by atoms with E-state index in [1.165, 1.54) is 4.52 Å². The van der Waals surface area contributed by atoms with Crippen LogP contribution in [0.5, 0.6) is 0 Å². The molecule has 0 saturated heterocycles. The number of nitrogens with zero attached hydrogens (tertiary/aromatic N) is 5. The van der Waals surface area contributed by atoms with E-state index >= 15 is 0 Å². The van der Waals surface area contributed by atoms with Gasteiger partial charge < -0.3 is 0 Å². The van der Waals surface area contributed by atoms with Gasteiger partial charge in [0.05, 0.1) is 5.71 Å². The average Bonchev–Trinajstić information content (AvgIpc) is 3.16. The lowest BCUT2D eigenvalue weighted by molar-refractivity contribution is 0.0945. The molecule has 4 aromatic rings. The summed E-state index contributed by atoms with van der Waals surface area (Å²) in [6.07, 6.45) is 1.63. The monoisotopic (exact) mass is 356 g/mol. The topological polar surface area (TPSA) is 84.5 Å². The molecule has 27 heavy (non-hydrogen) atoms. The average molecular weight is 356 g/mol. The van der Waals surface area contributed by atoms with Crippen LogP contribution in [0.4, 0.5) is 0 Å². The Kier molecular flexibility index (Phi) is 4.40. The molecule has 0 radical (unpaired) electrons. The van der Waals surface area contributed by atoms with Crippen LogP contribution >= 0.6 is 0 Å². The summed E-state index contributed by atoms with van der Waals surface area (Å²) in [6, 6.07) is 21.1. The number of benzene rings is 2. The molecular formula is C20H16N6O. The van der Waals surface area contributed by atoms with Gasteiger partial charge in [0, 0.05) is 23.0 Å². The van der Waals surface area contributed by atoms with Crippen molar-refractivity contribution >= 4 is 17.4 Å². The maximum Gasteiger partial charge on any atom is 0.311 e. The van der Waals surface area contributed by atoms with Crippen LogP contribution in [0.1, 0.15) is 27.4 Å². The van der Waals surface area contributed by atoms with Gasteiger partial charge in [-0.15, -0.1) is 5.10 Å². The number of aromatic nitrogens is 4. The van der Waals surface area contributed by atoms with Crippen molar-refractivity contribution in [2.45, 2.75) is 6.92 Å². The van der Waals surface area contributed by atoms with Crippen LogP contribution in [0.3, 0.4) is 0 Å². The maximum atomic E-state index is 12.5. The lowest BCUT2D eigenvalue weighted by Gasteiger charge is -2.07. The number of hydrazone groups is 1. The molecule has 0 aliphatic heterocycles. The first-order chi connectivity index (χ1) is 13.2. The smallest absolute Gasteiger partial charge is 0.264 e. The summed E-state index contributed by atoms with van der Waals surface area (Å²) in [5.41, 5.74) is 5.84. The number of rotatable bonds is 4. The fourth-order valence-corrected chi connectivity index (χ4v) is 2.65. The number of aryl methyl sites for hydroxylation is 1. The van der Waals surface area contributed by atoms with E-state index in [1.54, 1.807) is 12.3 Å². The minimum absolute atomic E-state index is 0.0148. The molecule has 0 atom stereocenters. The second-order valence-electron chi connectivity index (χ2n) is 5.87. The lowest BCUT2D eigenvalue weighted by Crippen LogP contribution is -2.22. The van der Waals surface area contributed by atoms with Crippen LogP contribution in [0.2, 0.25) is 0 Å². The van der Waals surface area contributed by atoms with Crippen molar-refractivity contribution in [1.29, 1.82) is 0 Å². The van der Waals surface area contributed by atoms with E-state index < -0.39 is 5.91 Å². The first-order valence-corrected chi connectivity index (χ1v) is 8.39. The Morgan fingerprint density at radius 3 is 2.19 bits per heavy atom. The van der Waals surface area contributed by atoms with Crippen LogP contribution in [0.15, 0.2) is 78.0 Å². The van der Waals surface area contributed by atoms with Gasteiger partial charge in [0.25, 0.3) is 5.78 Å². The third kappa shape index (κ3) is 3.43. The van der Waals surface area contributed by atoms with Gasteiger partial charge in [-0.1, -0.05) is 60.7 Å². The molecule has 0 bridgehead atoms. The summed E-state index contributed by atoms with van der Waals surface area (Å²) >= 11 is 0. The fraction of sp³-hybridized carbons (Fsp3) is 0.0500. The first kappa shape index (κ1) is 16.6. The first-order valence-electron chi connectivity index (χ1n) is 8.39. The highest BCUT2D eigenvalue weighted by molar-refractivity contribution is 6.13. The van der Waals surface area contributed by atoms with Crippen LogP contribution < -0.4 is 5.43 Å². The largest absolute Gasteiger partial charge is 0.311 e. The number of fused-ring (bicyclic) bond motifs is 1. The second kappa shape index (κ2) is 7.17. The summed E-state index contributed by atoms with van der Waals surface area (Å²) in [6.45, 7) is 1.87. The molecule has 0 fully saturated rings. The molecule has 4 rings (SSSR count). The molecule has 2 aromatic heterocycles. The molecule has 7 nitrogen and oxygen atoms in total. The SMILES string of the molecule is Cc1ccnc2nc(C(=O)NN=C(c3ccccc3)c3ccccc3)nn12. The number of hydrogen-bond acceptors (Lipinski definition) is 5. The number of carbonyl (C=O) groups is 1. The molecule has 0 aliphatic carbocycles. The normalized spacial score (nSPS) is 10.6. The minimum Gasteiger partial charge on any atom is -0.264 e. The van der Waals surface area contributed by atoms with Gasteiger partial charge >= 0.3 is 5.91 Å². The van der Waals surface area contributed by atoms with E-state index in [0.717, 1.165) is 16.8 Å². The highest BCUT2D eigenvalue weighted by Gasteiger charge is 2.15. The Morgan fingerprint density at radius 2 is 1.59 bits per heavy atom. The molecule has 2 heterocycles. The highest BCUT2D eigenvalue weighted by Crippen LogP contribution is 2.10. The van der Waals surface area contributed by atoms with Crippen molar-refractivity contribution in [3.63, 3.8) is 0 Å². The zero-order valence-corrected chi connectivity index (χ0v) is 14.6. The Labute approximate surface area is 155 Å². The Morgan fingerprint density at radius 1 is 0.963 bits per heavy atom. The van der Waals surface area contributed by atoms with Crippen molar-refractivity contribution in [2.75, 3.05) is 0 Å². The van der Waals surface area contributed by atoms with E-state index in [2.05, 4.69) is 25.6 Å². The van der Waals surface area contributed by atoms with Crippen molar-refractivity contribution in [1.82, 2.24) is 25.0 Å². The molecule has 0 spiro atoms. The van der Waals surface area contributed by atoms with Crippen molar-refractivity contribution < 1.29 is 4.79 Å². The molecule has 1 amide bonds. The van der Waals surface area contributed by atoms with Crippen LogP contribution in [0, 0.1) is 6.92 Å². The minimum atomic E-state index is -0.496. The summed E-state index contributed by atoms with van der Waals surface area (Å²) in [5, 5.41) is 8.54. The van der Waals surface area contributed by atoms with E-state index in [9.17, 15) is 4.79 Å². The zero-order chi connectivity index (χ0) is 18.6. The standard InChI is InChI=1S/C20H16N6O/c1-14-12-13-21-20-22-18(25-26(14)20)19(27)24-23-17(15-8-4-2-5-9-15)16-10-6-3-7-11-16/h2-13H,1H3,(H,24,27). The van der Waals surface area contributed by atoms with Crippen molar-refractivity contribution in [2.24, 2.45) is 5.10 Å². The van der Waals surface area contributed by atoms with Crippen LogP contribution in [-0.4, -0.2) is 31.2 Å². The number of amides is 1. The quantitative estimate of drug-likeness (QED) is 0.450. The number of nitrogens with one attached hydrogen (secondary N) is 1. The molecule has 0 saturated carbocycles. The van der Waals surface area contributed by atoms with Gasteiger partial charge in [0.15, 0.2) is 0 Å². The van der Waals surface area contributed by atoms with Gasteiger partial charge in [-0.2, -0.15) is 10.1 Å². The van der Waals surface area contributed by atoms with Crippen molar-refractivity contribution in [3.8, 4) is 0 Å². The van der Waals surface area contributed by atoms with E-state index in [1.807, 2.05) is 67.6 Å². The molecule has 7 heteroatoms. The second-order valence-corrected chi connectivity index (χ2v) is 5.87.